The van der Waals surface area contributed by atoms with Gasteiger partial charge < -0.3 is 9.47 Å². The number of alkyl halides is 3. The lowest BCUT2D eigenvalue weighted by Crippen LogP contribution is -2.69. The number of nitrogens with one attached hydrogen (secondary N) is 3. The highest BCUT2D eigenvalue weighted by molar-refractivity contribution is 6.01. The van der Waals surface area contributed by atoms with Crippen LogP contribution in [0.3, 0.4) is 0 Å². The molecule has 1 atom stereocenters. The number of H-pyrrole nitrogens is 1. The Morgan fingerprint density at radius 1 is 1.10 bits per heavy atom. The average molecular weight is 426 g/mol. The molecular weight excluding hydrogens is 403 g/mol. The van der Waals surface area contributed by atoms with Crippen LogP contribution >= 0.6 is 0 Å². The third kappa shape index (κ3) is 5.00. The molecule has 0 aliphatic carbocycles. The molecule has 1 aromatic carbocycles. The lowest BCUT2D eigenvalue weighted by atomic mass is 10.1. The molecule has 0 saturated carbocycles. The fourth-order valence-electron chi connectivity index (χ4n) is 2.66. The molecule has 0 aliphatic heterocycles. The fraction of sp³-hybridized carbons (Fsp3) is 0.350. The van der Waals surface area contributed by atoms with E-state index in [1.165, 1.54) is 37.4 Å². The van der Waals surface area contributed by atoms with E-state index in [2.05, 4.69) is 15.0 Å². The summed E-state index contributed by atoms with van der Waals surface area (Å²) in [7, 11) is 0. The van der Waals surface area contributed by atoms with Crippen LogP contribution in [0.2, 0.25) is 0 Å². The van der Waals surface area contributed by atoms with Crippen LogP contribution in [0.1, 0.15) is 29.8 Å². The van der Waals surface area contributed by atoms with E-state index >= 15 is 0 Å². The van der Waals surface area contributed by atoms with E-state index in [1.807, 2.05) is 0 Å². The molecule has 1 heterocycles. The van der Waals surface area contributed by atoms with Gasteiger partial charge in [-0.3, -0.25) is 10.1 Å². The van der Waals surface area contributed by atoms with Crippen LogP contribution in [-0.2, 0) is 9.53 Å². The van der Waals surface area contributed by atoms with Crippen molar-refractivity contribution >= 4 is 17.7 Å². The zero-order valence-electron chi connectivity index (χ0n) is 16.7. The molecule has 30 heavy (non-hydrogen) atoms. The highest BCUT2D eigenvalue weighted by Gasteiger charge is 2.68. The van der Waals surface area contributed by atoms with Crippen molar-refractivity contribution in [2.24, 2.45) is 0 Å². The molecule has 0 bridgehead atoms. The molecule has 0 spiro atoms. The maximum absolute atomic E-state index is 14.2. The van der Waals surface area contributed by atoms with Gasteiger partial charge in [-0.1, -0.05) is 12.1 Å². The molecule has 0 unspecified atom stereocenters. The number of carbonyl (C=O) groups is 2. The summed E-state index contributed by atoms with van der Waals surface area (Å²) in [6.45, 7) is 4.58. The number of anilines is 1. The monoisotopic (exact) mass is 426 g/mol. The molecule has 7 nitrogen and oxygen atoms in total. The summed E-state index contributed by atoms with van der Waals surface area (Å²) >= 11 is 0. The summed E-state index contributed by atoms with van der Waals surface area (Å²) in [6.07, 6.45) is -3.84. The van der Waals surface area contributed by atoms with Crippen LogP contribution in [0.4, 0.5) is 19.0 Å². The minimum atomic E-state index is -5.24. The first-order chi connectivity index (χ1) is 14.1. The number of rotatable bonds is 8. The van der Waals surface area contributed by atoms with E-state index in [0.717, 1.165) is 0 Å². The minimum Gasteiger partial charge on any atom is -0.493 e. The van der Waals surface area contributed by atoms with Gasteiger partial charge in [-0.15, -0.1) is 0 Å². The Balaban J connectivity index is 2.54. The SMILES string of the molecule is CCOC(=O)[C@](NC(=O)c1ccccc1OCC)(Nc1cc(C)cc[nH+]1)C(F)(F)F. The van der Waals surface area contributed by atoms with E-state index in [-0.39, 0.29) is 30.3 Å². The van der Waals surface area contributed by atoms with Crippen molar-refractivity contribution < 1.29 is 37.2 Å². The van der Waals surface area contributed by atoms with Gasteiger partial charge in [-0.2, -0.15) is 13.2 Å². The second kappa shape index (κ2) is 9.47. The van der Waals surface area contributed by atoms with Crippen LogP contribution in [0.25, 0.3) is 0 Å². The van der Waals surface area contributed by atoms with E-state index in [4.69, 9.17) is 4.74 Å². The molecular formula is C20H23F3N3O4+. The van der Waals surface area contributed by atoms with Gasteiger partial charge in [-0.05, 0) is 44.5 Å². The number of esters is 1. The summed E-state index contributed by atoms with van der Waals surface area (Å²) in [5.41, 5.74) is -3.07. The summed E-state index contributed by atoms with van der Waals surface area (Å²) < 4.78 is 52.7. The van der Waals surface area contributed by atoms with Crippen LogP contribution in [-0.4, -0.2) is 36.9 Å². The van der Waals surface area contributed by atoms with Crippen molar-refractivity contribution in [3.05, 3.63) is 53.7 Å². The number of hydrogen-bond donors (Lipinski definition) is 2. The zero-order chi connectivity index (χ0) is 22.4. The fourth-order valence-corrected chi connectivity index (χ4v) is 2.66. The molecule has 0 fully saturated rings. The number of halogens is 3. The summed E-state index contributed by atoms with van der Waals surface area (Å²) in [4.78, 5) is 27.9. The summed E-state index contributed by atoms with van der Waals surface area (Å²) in [5.74, 6) is -2.92. The Morgan fingerprint density at radius 2 is 1.80 bits per heavy atom. The quantitative estimate of drug-likeness (QED) is 0.500. The molecule has 10 heteroatoms. The third-order valence-corrected chi connectivity index (χ3v) is 4.02. The van der Waals surface area contributed by atoms with Gasteiger partial charge in [0.2, 0.25) is 0 Å². The Morgan fingerprint density at radius 3 is 2.40 bits per heavy atom. The number of carbonyl (C=O) groups excluding carboxylic acids is 2. The number of ether oxygens (including phenoxy) is 2. The Labute approximate surface area is 171 Å². The number of pyridine rings is 1. The first kappa shape index (κ1) is 23.0. The Hall–Kier alpha value is -3.30. The maximum Gasteiger partial charge on any atom is 0.464 e. The smallest absolute Gasteiger partial charge is 0.464 e. The molecule has 0 aliphatic rings. The minimum absolute atomic E-state index is 0.0829. The Bertz CT molecular complexity index is 905. The number of hydrogen-bond acceptors (Lipinski definition) is 5. The molecule has 3 N–H and O–H groups in total. The topological polar surface area (TPSA) is 90.8 Å². The predicted octanol–water partition coefficient (Wildman–Crippen LogP) is 2.87. The molecule has 162 valence electrons. The maximum atomic E-state index is 14.2. The van der Waals surface area contributed by atoms with Crippen molar-refractivity contribution in [1.29, 1.82) is 0 Å². The number of benzene rings is 1. The van der Waals surface area contributed by atoms with E-state index < -0.39 is 23.7 Å². The highest BCUT2D eigenvalue weighted by atomic mass is 19.4. The summed E-state index contributed by atoms with van der Waals surface area (Å²) in [5, 5.41) is 3.87. The van der Waals surface area contributed by atoms with Gasteiger partial charge >= 0.3 is 17.8 Å². The molecule has 1 aromatic heterocycles. The van der Waals surface area contributed by atoms with Gasteiger partial charge in [0.1, 0.15) is 5.75 Å². The number of para-hydroxylation sites is 1. The first-order valence-corrected chi connectivity index (χ1v) is 9.19. The van der Waals surface area contributed by atoms with Gasteiger partial charge in [-0.25, -0.2) is 15.1 Å². The van der Waals surface area contributed by atoms with Crippen molar-refractivity contribution in [3.63, 3.8) is 0 Å². The predicted molar refractivity (Wildman–Crippen MR) is 102 cm³/mol. The standard InChI is InChI=1S/C20H22F3N3O4/c1-4-29-15-9-7-6-8-14(15)17(27)26-19(20(21,22)23,18(28)30-5-2)25-16-12-13(3)10-11-24-16/h6-12H,4-5H2,1-3H3,(H,24,25)(H,26,27)/p+1/t19-/m1/s1. The third-order valence-electron chi connectivity index (χ3n) is 4.02. The van der Waals surface area contributed by atoms with Crippen molar-refractivity contribution in [3.8, 4) is 5.75 Å². The highest BCUT2D eigenvalue weighted by Crippen LogP contribution is 2.33. The van der Waals surface area contributed by atoms with E-state index in [0.29, 0.717) is 5.56 Å². The molecule has 0 radical (unpaired) electrons. The molecule has 2 aromatic rings. The number of aryl methyl sites for hydroxylation is 1. The van der Waals surface area contributed by atoms with Gasteiger partial charge in [0.25, 0.3) is 11.7 Å². The van der Waals surface area contributed by atoms with E-state index in [9.17, 15) is 22.8 Å². The lowest BCUT2D eigenvalue weighted by molar-refractivity contribution is -0.363. The van der Waals surface area contributed by atoms with E-state index in [1.54, 1.807) is 31.3 Å². The van der Waals surface area contributed by atoms with Crippen molar-refractivity contribution in [2.75, 3.05) is 18.5 Å². The Kier molecular flexibility index (Phi) is 7.25. The zero-order valence-corrected chi connectivity index (χ0v) is 16.7. The van der Waals surface area contributed by atoms with Gasteiger partial charge in [0, 0.05) is 6.07 Å². The van der Waals surface area contributed by atoms with Gasteiger partial charge in [0.05, 0.1) is 25.0 Å². The van der Waals surface area contributed by atoms with Crippen LogP contribution in [0, 0.1) is 6.92 Å². The largest absolute Gasteiger partial charge is 0.493 e. The number of amides is 1. The molecule has 0 saturated heterocycles. The normalized spacial score (nSPS) is 13.1. The second-order valence-corrected chi connectivity index (χ2v) is 6.26. The lowest BCUT2D eigenvalue weighted by Gasteiger charge is -2.31. The van der Waals surface area contributed by atoms with Crippen LogP contribution < -0.4 is 20.4 Å². The average Bonchev–Trinajstić information content (AvgIpc) is 2.67. The molecule has 2 rings (SSSR count). The van der Waals surface area contributed by atoms with Crippen molar-refractivity contribution in [1.82, 2.24) is 5.32 Å². The first-order valence-electron chi connectivity index (χ1n) is 9.19. The van der Waals surface area contributed by atoms with Crippen LogP contribution in [0.5, 0.6) is 5.75 Å². The van der Waals surface area contributed by atoms with Gasteiger partial charge in [0.15, 0.2) is 0 Å². The second-order valence-electron chi connectivity index (χ2n) is 6.26. The summed E-state index contributed by atoms with van der Waals surface area (Å²) in [6, 6.07) is 8.77. The van der Waals surface area contributed by atoms with Crippen molar-refractivity contribution in [2.45, 2.75) is 32.6 Å². The molecule has 1 amide bonds. The number of aromatic nitrogens is 1. The number of aromatic amines is 1. The van der Waals surface area contributed by atoms with Crippen LogP contribution in [0.15, 0.2) is 42.6 Å².